The lowest BCUT2D eigenvalue weighted by molar-refractivity contribution is 0.0711. The summed E-state index contributed by atoms with van der Waals surface area (Å²) in [5.74, 6) is 0. The minimum atomic E-state index is 0.398. The van der Waals surface area contributed by atoms with Crippen molar-refractivity contribution in [3.05, 3.63) is 21.9 Å². The first-order valence-corrected chi connectivity index (χ1v) is 7.47. The molecule has 0 spiro atoms. The lowest BCUT2D eigenvalue weighted by atomic mass is 10.2. The molecule has 0 fully saturated rings. The van der Waals surface area contributed by atoms with Gasteiger partial charge < -0.3 is 14.8 Å². The second-order valence-corrected chi connectivity index (χ2v) is 5.92. The van der Waals surface area contributed by atoms with E-state index in [9.17, 15) is 0 Å². The molecule has 1 aromatic heterocycles. The van der Waals surface area contributed by atoms with Gasteiger partial charge in [-0.15, -0.1) is 11.3 Å². The smallest absolute Gasteiger partial charge is 0.0615 e. The molecule has 0 aliphatic heterocycles. The predicted octanol–water partition coefficient (Wildman–Crippen LogP) is 1.95. The van der Waals surface area contributed by atoms with Crippen LogP contribution in [0.2, 0.25) is 0 Å². The van der Waals surface area contributed by atoms with Crippen molar-refractivity contribution < 1.29 is 9.47 Å². The van der Waals surface area contributed by atoms with E-state index in [0.29, 0.717) is 6.04 Å². The maximum Gasteiger partial charge on any atom is 0.0615 e. The van der Waals surface area contributed by atoms with Gasteiger partial charge in [-0.05, 0) is 26.1 Å². The largest absolute Gasteiger partial charge is 0.383 e. The van der Waals surface area contributed by atoms with E-state index in [1.54, 1.807) is 14.2 Å². The molecule has 0 saturated carbocycles. The summed E-state index contributed by atoms with van der Waals surface area (Å²) in [5, 5.41) is 3.18. The van der Waals surface area contributed by atoms with Crippen molar-refractivity contribution in [3.63, 3.8) is 0 Å². The monoisotopic (exact) mass is 286 g/mol. The number of methoxy groups -OCH3 is 2. The van der Waals surface area contributed by atoms with Gasteiger partial charge in [-0.25, -0.2) is 0 Å². The summed E-state index contributed by atoms with van der Waals surface area (Å²) in [4.78, 5) is 5.18. The molecule has 1 heterocycles. The Morgan fingerprint density at radius 1 is 1.26 bits per heavy atom. The van der Waals surface area contributed by atoms with Crippen molar-refractivity contribution in [2.75, 3.05) is 41.0 Å². The van der Waals surface area contributed by atoms with Gasteiger partial charge in [0.05, 0.1) is 13.2 Å². The molecule has 110 valence electrons. The Kier molecular flexibility index (Phi) is 8.25. The van der Waals surface area contributed by atoms with Crippen LogP contribution < -0.4 is 5.32 Å². The fraction of sp³-hybridized carbons (Fsp3) is 0.714. The third-order valence-corrected chi connectivity index (χ3v) is 4.11. The normalized spacial score (nSPS) is 13.1. The average Bonchev–Trinajstić information content (AvgIpc) is 2.82. The minimum Gasteiger partial charge on any atom is -0.383 e. The van der Waals surface area contributed by atoms with E-state index >= 15 is 0 Å². The van der Waals surface area contributed by atoms with Gasteiger partial charge in [0.25, 0.3) is 0 Å². The summed E-state index contributed by atoms with van der Waals surface area (Å²) in [7, 11) is 5.47. The standard InChI is InChI=1S/C14H26N2O2S/c1-12(11-18-4)16(7-8-17-3)10-14-6-5-13(19-14)9-15-2/h5-6,12,15H,7-11H2,1-4H3. The third kappa shape index (κ3) is 6.01. The van der Waals surface area contributed by atoms with Crippen LogP contribution in [-0.4, -0.2) is 52.0 Å². The van der Waals surface area contributed by atoms with Crippen LogP contribution in [0.1, 0.15) is 16.7 Å². The van der Waals surface area contributed by atoms with E-state index < -0.39 is 0 Å². The molecule has 0 aliphatic rings. The van der Waals surface area contributed by atoms with E-state index in [2.05, 4.69) is 29.3 Å². The molecule has 4 nitrogen and oxygen atoms in total. The van der Waals surface area contributed by atoms with E-state index in [1.165, 1.54) is 9.75 Å². The fourth-order valence-electron chi connectivity index (χ4n) is 1.99. The van der Waals surface area contributed by atoms with E-state index in [4.69, 9.17) is 9.47 Å². The molecule has 0 radical (unpaired) electrons. The maximum absolute atomic E-state index is 5.26. The van der Waals surface area contributed by atoms with Crippen LogP contribution in [0.25, 0.3) is 0 Å². The summed E-state index contributed by atoms with van der Waals surface area (Å²) in [6.07, 6.45) is 0. The van der Waals surface area contributed by atoms with Crippen molar-refractivity contribution >= 4 is 11.3 Å². The number of thiophene rings is 1. The SMILES string of the molecule is CNCc1ccc(CN(CCOC)C(C)COC)s1. The van der Waals surface area contributed by atoms with E-state index in [-0.39, 0.29) is 0 Å². The Hall–Kier alpha value is -0.460. The molecule has 5 heteroatoms. The summed E-state index contributed by atoms with van der Waals surface area (Å²) in [6, 6.07) is 4.82. The van der Waals surface area contributed by atoms with Gasteiger partial charge in [0.1, 0.15) is 0 Å². The van der Waals surface area contributed by atoms with Gasteiger partial charge in [0.2, 0.25) is 0 Å². The van der Waals surface area contributed by atoms with Crippen LogP contribution in [0.3, 0.4) is 0 Å². The summed E-state index contributed by atoms with van der Waals surface area (Å²) < 4.78 is 10.4. The third-order valence-electron chi connectivity index (χ3n) is 3.04. The zero-order valence-corrected chi connectivity index (χ0v) is 13.3. The van der Waals surface area contributed by atoms with Gasteiger partial charge in [-0.3, -0.25) is 4.90 Å². The van der Waals surface area contributed by atoms with Crippen LogP contribution >= 0.6 is 11.3 Å². The van der Waals surface area contributed by atoms with Crippen LogP contribution in [0.4, 0.5) is 0 Å². The van der Waals surface area contributed by atoms with Crippen molar-refractivity contribution in [2.45, 2.75) is 26.1 Å². The summed E-state index contributed by atoms with van der Waals surface area (Å²) in [5.41, 5.74) is 0. The highest BCUT2D eigenvalue weighted by atomic mass is 32.1. The highest BCUT2D eigenvalue weighted by Gasteiger charge is 2.15. The van der Waals surface area contributed by atoms with Crippen molar-refractivity contribution in [1.29, 1.82) is 0 Å². The zero-order valence-electron chi connectivity index (χ0n) is 12.4. The summed E-state index contributed by atoms with van der Waals surface area (Å²) in [6.45, 7) is 6.53. The molecule has 1 rings (SSSR count). The summed E-state index contributed by atoms with van der Waals surface area (Å²) >= 11 is 1.87. The van der Waals surface area contributed by atoms with Crippen LogP contribution in [0, 0.1) is 0 Å². The number of hydrogen-bond donors (Lipinski definition) is 1. The van der Waals surface area contributed by atoms with E-state index in [0.717, 1.165) is 32.8 Å². The molecule has 0 aromatic carbocycles. The first-order chi connectivity index (χ1) is 9.21. The maximum atomic E-state index is 5.26. The number of hydrogen-bond acceptors (Lipinski definition) is 5. The van der Waals surface area contributed by atoms with Gasteiger partial charge in [-0.2, -0.15) is 0 Å². The lowest BCUT2D eigenvalue weighted by Gasteiger charge is -2.27. The second kappa shape index (κ2) is 9.44. The molecule has 19 heavy (non-hydrogen) atoms. The molecule has 1 N–H and O–H groups in total. The number of nitrogens with zero attached hydrogens (tertiary/aromatic N) is 1. The fourth-order valence-corrected chi connectivity index (χ4v) is 3.04. The molecule has 0 aliphatic carbocycles. The Morgan fingerprint density at radius 2 is 2.00 bits per heavy atom. The predicted molar refractivity (Wildman–Crippen MR) is 80.7 cm³/mol. The Balaban J connectivity index is 2.58. The molecule has 0 bridgehead atoms. The topological polar surface area (TPSA) is 33.7 Å². The van der Waals surface area contributed by atoms with Crippen molar-refractivity contribution in [1.82, 2.24) is 10.2 Å². The highest BCUT2D eigenvalue weighted by molar-refractivity contribution is 7.11. The molecule has 0 amide bonds. The zero-order chi connectivity index (χ0) is 14.1. The van der Waals surface area contributed by atoms with Gasteiger partial charge >= 0.3 is 0 Å². The van der Waals surface area contributed by atoms with Crippen molar-refractivity contribution in [3.8, 4) is 0 Å². The number of rotatable bonds is 10. The van der Waals surface area contributed by atoms with Gasteiger partial charge in [-0.1, -0.05) is 0 Å². The van der Waals surface area contributed by atoms with E-state index in [1.807, 2.05) is 18.4 Å². The Bertz CT molecular complexity index is 344. The van der Waals surface area contributed by atoms with Gasteiger partial charge in [0.15, 0.2) is 0 Å². The molecule has 1 unspecified atom stereocenters. The minimum absolute atomic E-state index is 0.398. The molecule has 1 aromatic rings. The Morgan fingerprint density at radius 3 is 2.63 bits per heavy atom. The second-order valence-electron chi connectivity index (χ2n) is 4.67. The quantitative estimate of drug-likeness (QED) is 0.713. The van der Waals surface area contributed by atoms with Crippen molar-refractivity contribution in [2.24, 2.45) is 0 Å². The molecular formula is C14H26N2O2S. The average molecular weight is 286 g/mol. The van der Waals surface area contributed by atoms with Crippen LogP contribution in [0.5, 0.6) is 0 Å². The first kappa shape index (κ1) is 16.6. The number of ether oxygens (including phenoxy) is 2. The van der Waals surface area contributed by atoms with Crippen LogP contribution in [0.15, 0.2) is 12.1 Å². The molecule has 0 saturated heterocycles. The Labute approximate surface area is 120 Å². The molecular weight excluding hydrogens is 260 g/mol. The number of nitrogens with one attached hydrogen (secondary N) is 1. The highest BCUT2D eigenvalue weighted by Crippen LogP contribution is 2.19. The first-order valence-electron chi connectivity index (χ1n) is 6.65. The lowest BCUT2D eigenvalue weighted by Crippen LogP contribution is -2.37. The van der Waals surface area contributed by atoms with Crippen LogP contribution in [-0.2, 0) is 22.6 Å². The van der Waals surface area contributed by atoms with Gasteiger partial charge in [0, 0.05) is 49.6 Å². The molecule has 1 atom stereocenters.